The maximum atomic E-state index is 10.2. The van der Waals surface area contributed by atoms with Gasteiger partial charge in [-0.15, -0.1) is 11.3 Å². The third-order valence-electron chi connectivity index (χ3n) is 3.92. The largest absolute Gasteiger partial charge is 0.393 e. The van der Waals surface area contributed by atoms with Crippen LogP contribution in [0.25, 0.3) is 4.96 Å². The van der Waals surface area contributed by atoms with E-state index in [1.807, 2.05) is 22.2 Å². The van der Waals surface area contributed by atoms with E-state index < -0.39 is 0 Å². The summed E-state index contributed by atoms with van der Waals surface area (Å²) in [6, 6.07) is 0. The zero-order valence-electron chi connectivity index (χ0n) is 10.6. The van der Waals surface area contributed by atoms with E-state index in [1.54, 1.807) is 11.3 Å². The minimum absolute atomic E-state index is 0.224. The molecule has 0 radical (unpaired) electrons. The molecule has 2 aromatic rings. The van der Waals surface area contributed by atoms with Crippen molar-refractivity contribution in [2.75, 3.05) is 0 Å². The van der Waals surface area contributed by atoms with Gasteiger partial charge < -0.3 is 5.11 Å². The molecule has 1 aliphatic rings. The first-order chi connectivity index (χ1) is 8.81. The van der Waals surface area contributed by atoms with Crippen LogP contribution >= 0.6 is 11.3 Å². The molecule has 0 aromatic carbocycles. The van der Waals surface area contributed by atoms with Crippen LogP contribution in [0.1, 0.15) is 44.2 Å². The molecule has 1 fully saturated rings. The molecule has 18 heavy (non-hydrogen) atoms. The van der Waals surface area contributed by atoms with Crippen LogP contribution in [0.3, 0.4) is 0 Å². The predicted molar refractivity (Wildman–Crippen MR) is 74.0 cm³/mol. The molecule has 98 valence electrons. The lowest BCUT2D eigenvalue weighted by atomic mass is 9.85. The third kappa shape index (κ3) is 2.75. The third-order valence-corrected chi connectivity index (χ3v) is 4.69. The van der Waals surface area contributed by atoms with E-state index in [0.717, 1.165) is 23.0 Å². The van der Waals surface area contributed by atoms with Gasteiger partial charge in [0.2, 0.25) is 0 Å². The highest BCUT2D eigenvalue weighted by Crippen LogP contribution is 2.28. The van der Waals surface area contributed by atoms with E-state index in [9.17, 15) is 5.11 Å². The predicted octanol–water partition coefficient (Wildman–Crippen LogP) is 3.27. The van der Waals surface area contributed by atoms with Gasteiger partial charge in [0.25, 0.3) is 0 Å². The topological polar surface area (TPSA) is 37.5 Å². The summed E-state index contributed by atoms with van der Waals surface area (Å²) in [6.07, 6.45) is 12.2. The van der Waals surface area contributed by atoms with E-state index in [4.69, 9.17) is 0 Å². The van der Waals surface area contributed by atoms with Crippen LogP contribution in [-0.2, 0) is 6.42 Å². The Hall–Kier alpha value is -0.870. The molecule has 0 aliphatic heterocycles. The van der Waals surface area contributed by atoms with E-state index in [2.05, 4.69) is 4.98 Å². The van der Waals surface area contributed by atoms with Crippen molar-refractivity contribution in [2.24, 2.45) is 5.92 Å². The lowest BCUT2D eigenvalue weighted by molar-refractivity contribution is 0.129. The molecule has 2 aromatic heterocycles. The summed E-state index contributed by atoms with van der Waals surface area (Å²) in [7, 11) is 0. The standard InChI is InChI=1S/C14H20N2OS/c17-13(8-11-4-2-1-3-5-11)9-12-10-16-6-7-18-14(16)15-12/h6-7,10-11,13,17H,1-5,8-9H2. The molecule has 1 N–H and O–H groups in total. The van der Waals surface area contributed by atoms with Gasteiger partial charge in [0, 0.05) is 24.2 Å². The Morgan fingerprint density at radius 1 is 1.39 bits per heavy atom. The number of aromatic nitrogens is 2. The molecule has 4 heteroatoms. The van der Waals surface area contributed by atoms with Crippen molar-refractivity contribution >= 4 is 16.3 Å². The summed E-state index contributed by atoms with van der Waals surface area (Å²) in [4.78, 5) is 5.55. The first kappa shape index (κ1) is 12.2. The first-order valence-electron chi connectivity index (χ1n) is 6.90. The fourth-order valence-corrected chi connectivity index (χ4v) is 3.73. The lowest BCUT2D eigenvalue weighted by Gasteiger charge is -2.23. The van der Waals surface area contributed by atoms with Gasteiger partial charge in [-0.25, -0.2) is 4.98 Å². The van der Waals surface area contributed by atoms with E-state index >= 15 is 0 Å². The zero-order chi connectivity index (χ0) is 12.4. The van der Waals surface area contributed by atoms with Crippen molar-refractivity contribution in [3.8, 4) is 0 Å². The van der Waals surface area contributed by atoms with Crippen LogP contribution < -0.4 is 0 Å². The summed E-state index contributed by atoms with van der Waals surface area (Å²) in [5, 5.41) is 12.2. The number of aliphatic hydroxyl groups is 1. The number of thiazole rings is 1. The van der Waals surface area contributed by atoms with Crippen molar-refractivity contribution in [1.29, 1.82) is 0 Å². The van der Waals surface area contributed by atoms with Crippen molar-refractivity contribution in [3.05, 3.63) is 23.5 Å². The lowest BCUT2D eigenvalue weighted by Crippen LogP contribution is -2.18. The fourth-order valence-electron chi connectivity index (χ4n) is 3.01. The zero-order valence-corrected chi connectivity index (χ0v) is 11.4. The molecule has 1 aliphatic carbocycles. The van der Waals surface area contributed by atoms with Crippen LogP contribution in [0.2, 0.25) is 0 Å². The van der Waals surface area contributed by atoms with Gasteiger partial charge in [-0.2, -0.15) is 0 Å². The molecule has 0 saturated heterocycles. The SMILES string of the molecule is OC(Cc1cn2ccsc2n1)CC1CCCCC1. The van der Waals surface area contributed by atoms with Crippen molar-refractivity contribution < 1.29 is 5.11 Å². The Bertz CT molecular complexity index is 470. The van der Waals surface area contributed by atoms with Gasteiger partial charge in [0.05, 0.1) is 11.8 Å². The van der Waals surface area contributed by atoms with Crippen molar-refractivity contribution in [1.82, 2.24) is 9.38 Å². The molecule has 3 rings (SSSR count). The molecule has 3 nitrogen and oxygen atoms in total. The van der Waals surface area contributed by atoms with Gasteiger partial charge in [-0.3, -0.25) is 4.40 Å². The summed E-state index contributed by atoms with van der Waals surface area (Å²) in [5.41, 5.74) is 1.02. The van der Waals surface area contributed by atoms with E-state index in [0.29, 0.717) is 6.42 Å². The van der Waals surface area contributed by atoms with Gasteiger partial charge >= 0.3 is 0 Å². The second-order valence-corrected chi connectivity index (χ2v) is 6.30. The smallest absolute Gasteiger partial charge is 0.193 e. The minimum atomic E-state index is -0.224. The maximum absolute atomic E-state index is 10.2. The molecular weight excluding hydrogens is 244 g/mol. The quantitative estimate of drug-likeness (QED) is 0.920. The number of rotatable bonds is 4. The number of fused-ring (bicyclic) bond motifs is 1. The highest BCUT2D eigenvalue weighted by molar-refractivity contribution is 7.15. The Balaban J connectivity index is 1.56. The van der Waals surface area contributed by atoms with Crippen LogP contribution in [0.15, 0.2) is 17.8 Å². The maximum Gasteiger partial charge on any atom is 0.193 e. The Morgan fingerprint density at radius 2 is 2.22 bits per heavy atom. The first-order valence-corrected chi connectivity index (χ1v) is 7.78. The fraction of sp³-hybridized carbons (Fsp3) is 0.643. The normalized spacial score (nSPS) is 19.4. The minimum Gasteiger partial charge on any atom is -0.393 e. The summed E-state index contributed by atoms with van der Waals surface area (Å²) in [6.45, 7) is 0. The summed E-state index contributed by atoms with van der Waals surface area (Å²) >= 11 is 1.64. The van der Waals surface area contributed by atoms with Crippen LogP contribution in [0.4, 0.5) is 0 Å². The molecule has 0 bridgehead atoms. The molecule has 0 amide bonds. The molecule has 0 spiro atoms. The number of nitrogens with zero attached hydrogens (tertiary/aromatic N) is 2. The Morgan fingerprint density at radius 3 is 3.00 bits per heavy atom. The molecular formula is C14H20N2OS. The number of aliphatic hydroxyl groups excluding tert-OH is 1. The van der Waals surface area contributed by atoms with Gasteiger partial charge in [0.1, 0.15) is 0 Å². The van der Waals surface area contributed by atoms with Gasteiger partial charge in [-0.1, -0.05) is 32.1 Å². The number of hydrogen-bond acceptors (Lipinski definition) is 3. The second-order valence-electron chi connectivity index (χ2n) is 5.42. The van der Waals surface area contributed by atoms with Gasteiger partial charge in [-0.05, 0) is 12.3 Å². The van der Waals surface area contributed by atoms with Crippen LogP contribution in [0.5, 0.6) is 0 Å². The molecule has 1 saturated carbocycles. The monoisotopic (exact) mass is 264 g/mol. The Kier molecular flexibility index (Phi) is 3.66. The van der Waals surface area contributed by atoms with Crippen LogP contribution in [0, 0.1) is 5.92 Å². The van der Waals surface area contributed by atoms with E-state index in [-0.39, 0.29) is 6.10 Å². The summed E-state index contributed by atoms with van der Waals surface area (Å²) < 4.78 is 2.04. The van der Waals surface area contributed by atoms with Crippen molar-refractivity contribution in [2.45, 2.75) is 51.0 Å². The molecule has 2 heterocycles. The second kappa shape index (κ2) is 5.41. The Labute approximate surface area is 111 Å². The van der Waals surface area contributed by atoms with Gasteiger partial charge in [0.15, 0.2) is 4.96 Å². The highest BCUT2D eigenvalue weighted by atomic mass is 32.1. The molecule has 1 atom stereocenters. The highest BCUT2D eigenvalue weighted by Gasteiger charge is 2.18. The summed E-state index contributed by atoms with van der Waals surface area (Å²) in [5.74, 6) is 0.734. The average molecular weight is 264 g/mol. The van der Waals surface area contributed by atoms with E-state index in [1.165, 1.54) is 32.1 Å². The van der Waals surface area contributed by atoms with Crippen LogP contribution in [-0.4, -0.2) is 20.6 Å². The average Bonchev–Trinajstić information content (AvgIpc) is 2.90. The number of imidazole rings is 1. The molecule has 1 unspecified atom stereocenters. The number of hydrogen-bond donors (Lipinski definition) is 1. The van der Waals surface area contributed by atoms with Crippen molar-refractivity contribution in [3.63, 3.8) is 0 Å².